The Balaban J connectivity index is 2.93. The largest absolute Gasteiger partial charge is 0.507 e. The zero-order valence-corrected chi connectivity index (χ0v) is 8.60. The first-order valence-electron chi connectivity index (χ1n) is 4.54. The van der Waals surface area contributed by atoms with E-state index in [9.17, 15) is 19.8 Å². The molecule has 16 heavy (non-hydrogen) atoms. The molecular formula is C10H12N2O4. The number of rotatable bonds is 3. The van der Waals surface area contributed by atoms with Gasteiger partial charge in [-0.25, -0.2) is 0 Å². The van der Waals surface area contributed by atoms with Crippen molar-refractivity contribution in [2.24, 2.45) is 5.73 Å². The SMILES string of the molecule is CC(NC(=O)c1c(O)cccc1O)C(N)=O. The number of amides is 2. The number of aromatic hydroxyl groups is 2. The molecule has 1 rings (SSSR count). The minimum atomic E-state index is -0.883. The fourth-order valence-corrected chi connectivity index (χ4v) is 1.10. The third-order valence-electron chi connectivity index (χ3n) is 2.02. The number of carbonyl (C=O) groups is 2. The van der Waals surface area contributed by atoms with E-state index in [0.717, 1.165) is 0 Å². The molecule has 0 saturated carbocycles. The Morgan fingerprint density at radius 3 is 2.25 bits per heavy atom. The third kappa shape index (κ3) is 2.41. The molecule has 86 valence electrons. The molecule has 1 aromatic carbocycles. The molecule has 0 fully saturated rings. The highest BCUT2D eigenvalue weighted by Crippen LogP contribution is 2.25. The maximum Gasteiger partial charge on any atom is 0.259 e. The lowest BCUT2D eigenvalue weighted by Crippen LogP contribution is -2.42. The molecule has 0 saturated heterocycles. The molecule has 1 atom stereocenters. The Bertz CT molecular complexity index is 411. The highest BCUT2D eigenvalue weighted by molar-refractivity contribution is 6.01. The van der Waals surface area contributed by atoms with Gasteiger partial charge in [0.2, 0.25) is 5.91 Å². The number of nitrogens with one attached hydrogen (secondary N) is 1. The van der Waals surface area contributed by atoms with Crippen LogP contribution in [0.1, 0.15) is 17.3 Å². The smallest absolute Gasteiger partial charge is 0.259 e. The number of phenolic OH excluding ortho intramolecular Hbond substituents is 2. The molecule has 1 aromatic rings. The predicted octanol–water partition coefficient (Wildman–Crippen LogP) is -0.299. The summed E-state index contributed by atoms with van der Waals surface area (Å²) in [6, 6.07) is 3.01. The molecule has 5 N–H and O–H groups in total. The summed E-state index contributed by atoms with van der Waals surface area (Å²) < 4.78 is 0. The molecule has 0 radical (unpaired) electrons. The predicted molar refractivity (Wildman–Crippen MR) is 55.9 cm³/mol. The average molecular weight is 224 g/mol. The minimum absolute atomic E-state index is 0.282. The quantitative estimate of drug-likeness (QED) is 0.564. The summed E-state index contributed by atoms with van der Waals surface area (Å²) in [4.78, 5) is 22.3. The summed E-state index contributed by atoms with van der Waals surface area (Å²) in [7, 11) is 0. The molecule has 0 aromatic heterocycles. The van der Waals surface area contributed by atoms with Crippen LogP contribution in [0.4, 0.5) is 0 Å². The summed E-state index contributed by atoms with van der Waals surface area (Å²) in [6.45, 7) is 1.40. The summed E-state index contributed by atoms with van der Waals surface area (Å²) in [5.41, 5.74) is 4.68. The van der Waals surface area contributed by atoms with Crippen molar-refractivity contribution in [3.05, 3.63) is 23.8 Å². The second kappa shape index (κ2) is 4.52. The van der Waals surface area contributed by atoms with Gasteiger partial charge in [0.05, 0.1) is 0 Å². The van der Waals surface area contributed by atoms with Crippen LogP contribution in [0, 0.1) is 0 Å². The second-order valence-corrected chi connectivity index (χ2v) is 3.27. The summed E-state index contributed by atoms with van der Waals surface area (Å²) in [5, 5.41) is 21.0. The van der Waals surface area contributed by atoms with Crippen molar-refractivity contribution in [1.82, 2.24) is 5.32 Å². The van der Waals surface area contributed by atoms with Gasteiger partial charge in [-0.2, -0.15) is 0 Å². The number of hydrogen-bond donors (Lipinski definition) is 4. The van der Waals surface area contributed by atoms with Gasteiger partial charge in [0.25, 0.3) is 5.91 Å². The first kappa shape index (κ1) is 11.8. The van der Waals surface area contributed by atoms with Crippen molar-refractivity contribution in [2.45, 2.75) is 13.0 Å². The van der Waals surface area contributed by atoms with Crippen LogP contribution in [-0.2, 0) is 4.79 Å². The van der Waals surface area contributed by atoms with E-state index in [-0.39, 0.29) is 17.1 Å². The average Bonchev–Trinajstić information content (AvgIpc) is 2.16. The van der Waals surface area contributed by atoms with E-state index >= 15 is 0 Å². The molecule has 0 heterocycles. The van der Waals surface area contributed by atoms with Crippen molar-refractivity contribution in [2.75, 3.05) is 0 Å². The Kier molecular flexibility index (Phi) is 3.34. The van der Waals surface area contributed by atoms with Gasteiger partial charge in [-0.3, -0.25) is 9.59 Å². The highest BCUT2D eigenvalue weighted by atomic mass is 16.3. The fourth-order valence-electron chi connectivity index (χ4n) is 1.10. The van der Waals surface area contributed by atoms with Gasteiger partial charge >= 0.3 is 0 Å². The third-order valence-corrected chi connectivity index (χ3v) is 2.02. The Morgan fingerprint density at radius 1 is 1.31 bits per heavy atom. The van der Waals surface area contributed by atoms with Crippen LogP contribution in [0.25, 0.3) is 0 Å². The van der Waals surface area contributed by atoms with Gasteiger partial charge in [0.1, 0.15) is 23.1 Å². The number of phenols is 2. The van der Waals surface area contributed by atoms with Gasteiger partial charge in [-0.05, 0) is 19.1 Å². The molecule has 2 amide bonds. The van der Waals surface area contributed by atoms with E-state index in [4.69, 9.17) is 5.73 Å². The first-order valence-corrected chi connectivity index (χ1v) is 4.54. The van der Waals surface area contributed by atoms with Crippen LogP contribution < -0.4 is 11.1 Å². The van der Waals surface area contributed by atoms with E-state index in [2.05, 4.69) is 5.32 Å². The first-order chi connectivity index (χ1) is 7.43. The van der Waals surface area contributed by atoms with Crippen molar-refractivity contribution >= 4 is 11.8 Å². The lowest BCUT2D eigenvalue weighted by atomic mass is 10.1. The topological polar surface area (TPSA) is 113 Å². The number of hydrogen-bond acceptors (Lipinski definition) is 4. The Hall–Kier alpha value is -2.24. The number of primary amides is 1. The maximum atomic E-state index is 11.6. The Morgan fingerprint density at radius 2 is 1.81 bits per heavy atom. The fraction of sp³-hybridized carbons (Fsp3) is 0.200. The van der Waals surface area contributed by atoms with Crippen molar-refractivity contribution in [3.8, 4) is 11.5 Å². The van der Waals surface area contributed by atoms with Crippen molar-refractivity contribution < 1.29 is 19.8 Å². The highest BCUT2D eigenvalue weighted by Gasteiger charge is 2.19. The molecule has 0 aliphatic rings. The van der Waals surface area contributed by atoms with Gasteiger partial charge < -0.3 is 21.3 Å². The van der Waals surface area contributed by atoms with Gasteiger partial charge in [-0.15, -0.1) is 0 Å². The van der Waals surface area contributed by atoms with Crippen LogP contribution in [0.15, 0.2) is 18.2 Å². The van der Waals surface area contributed by atoms with Gasteiger partial charge in [0.15, 0.2) is 0 Å². The number of carbonyl (C=O) groups excluding carboxylic acids is 2. The molecule has 0 spiro atoms. The van der Waals surface area contributed by atoms with Crippen molar-refractivity contribution in [1.29, 1.82) is 0 Å². The van der Waals surface area contributed by atoms with Crippen LogP contribution in [0.5, 0.6) is 11.5 Å². The molecule has 0 aliphatic carbocycles. The molecule has 6 nitrogen and oxygen atoms in total. The van der Waals surface area contributed by atoms with Gasteiger partial charge in [0, 0.05) is 0 Å². The Labute approximate surface area is 91.7 Å². The standard InChI is InChI=1S/C10H12N2O4/c1-5(9(11)15)12-10(16)8-6(13)3-2-4-7(8)14/h2-5,13-14H,1H3,(H2,11,15)(H,12,16). The van der Waals surface area contributed by atoms with E-state index in [0.29, 0.717) is 0 Å². The van der Waals surface area contributed by atoms with Crippen LogP contribution >= 0.6 is 0 Å². The van der Waals surface area contributed by atoms with Crippen molar-refractivity contribution in [3.63, 3.8) is 0 Å². The van der Waals surface area contributed by atoms with E-state index in [1.165, 1.54) is 25.1 Å². The molecule has 0 bridgehead atoms. The molecule has 0 aliphatic heterocycles. The summed E-state index contributed by atoms with van der Waals surface area (Å²) in [5.74, 6) is -2.20. The van der Waals surface area contributed by atoms with Gasteiger partial charge in [-0.1, -0.05) is 6.07 Å². The molecular weight excluding hydrogens is 212 g/mol. The summed E-state index contributed by atoms with van der Waals surface area (Å²) in [6.07, 6.45) is 0. The van der Waals surface area contributed by atoms with Crippen LogP contribution in [0.2, 0.25) is 0 Å². The lowest BCUT2D eigenvalue weighted by molar-refractivity contribution is -0.119. The zero-order chi connectivity index (χ0) is 12.3. The lowest BCUT2D eigenvalue weighted by Gasteiger charge is -2.11. The number of benzene rings is 1. The minimum Gasteiger partial charge on any atom is -0.507 e. The van der Waals surface area contributed by atoms with E-state index in [1.807, 2.05) is 0 Å². The van der Waals surface area contributed by atoms with Crippen LogP contribution in [-0.4, -0.2) is 28.1 Å². The zero-order valence-electron chi connectivity index (χ0n) is 8.60. The van der Waals surface area contributed by atoms with E-state index < -0.39 is 17.9 Å². The summed E-state index contributed by atoms with van der Waals surface area (Å²) >= 11 is 0. The normalized spacial score (nSPS) is 11.8. The molecule has 6 heteroatoms. The van der Waals surface area contributed by atoms with Crippen LogP contribution in [0.3, 0.4) is 0 Å². The molecule has 1 unspecified atom stereocenters. The monoisotopic (exact) mass is 224 g/mol. The van der Waals surface area contributed by atoms with E-state index in [1.54, 1.807) is 0 Å². The number of nitrogens with two attached hydrogens (primary N) is 1. The maximum absolute atomic E-state index is 11.6. The second-order valence-electron chi connectivity index (χ2n) is 3.27.